The van der Waals surface area contributed by atoms with E-state index in [0.717, 1.165) is 29.4 Å². The molecule has 0 aliphatic carbocycles. The molecular formula is C13H18N2O. The average Bonchev–Trinajstić information content (AvgIpc) is 2.68. The number of nitrogens with one attached hydrogen (secondary N) is 1. The SMILES string of the molecule is [2H]C([2H])([2H])Oc1cccc2[nH]cc(CCN(C)C)c12. The monoisotopic (exact) mass is 221 g/mol. The Morgan fingerprint density at radius 1 is 1.44 bits per heavy atom. The van der Waals surface area contributed by atoms with E-state index in [1.54, 1.807) is 12.1 Å². The molecule has 1 heterocycles. The molecule has 1 aromatic carbocycles. The highest BCUT2D eigenvalue weighted by atomic mass is 16.5. The number of aromatic nitrogens is 1. The summed E-state index contributed by atoms with van der Waals surface area (Å²) < 4.78 is 26.8. The molecule has 0 unspecified atom stereocenters. The van der Waals surface area contributed by atoms with Crippen molar-refractivity contribution in [2.24, 2.45) is 0 Å². The zero-order chi connectivity index (χ0) is 14.0. The van der Waals surface area contributed by atoms with E-state index in [0.29, 0.717) is 5.75 Å². The van der Waals surface area contributed by atoms with Crippen molar-refractivity contribution in [3.63, 3.8) is 0 Å². The molecule has 0 atom stereocenters. The fraction of sp³-hybridized carbons (Fsp3) is 0.385. The van der Waals surface area contributed by atoms with Gasteiger partial charge in [0.2, 0.25) is 0 Å². The predicted molar refractivity (Wildman–Crippen MR) is 67.1 cm³/mol. The van der Waals surface area contributed by atoms with E-state index in [1.807, 2.05) is 26.4 Å². The molecular weight excluding hydrogens is 200 g/mol. The summed E-state index contributed by atoms with van der Waals surface area (Å²) in [5.41, 5.74) is 1.97. The number of methoxy groups -OCH3 is 1. The van der Waals surface area contributed by atoms with Crippen LogP contribution in [0.4, 0.5) is 0 Å². The first-order valence-electron chi connectivity index (χ1n) is 6.79. The van der Waals surface area contributed by atoms with Gasteiger partial charge in [-0.05, 0) is 38.2 Å². The van der Waals surface area contributed by atoms with E-state index in [1.165, 1.54) is 0 Å². The second-order valence-corrected chi connectivity index (χ2v) is 4.15. The van der Waals surface area contributed by atoms with E-state index in [2.05, 4.69) is 9.88 Å². The standard InChI is InChI=1S/C13H18N2O/c1-15(2)8-7-10-9-14-11-5-4-6-12(16-3)13(10)11/h4-6,9,14H,7-8H2,1-3H3/i3D3. The Morgan fingerprint density at radius 3 is 3.06 bits per heavy atom. The van der Waals surface area contributed by atoms with Crippen molar-refractivity contribution in [3.05, 3.63) is 30.0 Å². The van der Waals surface area contributed by atoms with E-state index in [9.17, 15) is 0 Å². The molecule has 0 fully saturated rings. The lowest BCUT2D eigenvalue weighted by atomic mass is 10.1. The molecule has 3 heteroatoms. The Hall–Kier alpha value is -1.48. The number of fused-ring (bicyclic) bond motifs is 1. The highest BCUT2D eigenvalue weighted by molar-refractivity contribution is 5.89. The largest absolute Gasteiger partial charge is 0.496 e. The van der Waals surface area contributed by atoms with Gasteiger partial charge in [-0.1, -0.05) is 6.07 Å². The maximum atomic E-state index is 7.23. The third-order valence-corrected chi connectivity index (χ3v) is 2.69. The molecule has 0 amide bonds. The van der Waals surface area contributed by atoms with Crippen LogP contribution in [0.2, 0.25) is 0 Å². The van der Waals surface area contributed by atoms with Gasteiger partial charge < -0.3 is 14.6 Å². The van der Waals surface area contributed by atoms with Crippen molar-refractivity contribution >= 4 is 10.9 Å². The minimum Gasteiger partial charge on any atom is -0.496 e. The number of hydrogen-bond acceptors (Lipinski definition) is 2. The van der Waals surface area contributed by atoms with Crippen molar-refractivity contribution in [1.82, 2.24) is 9.88 Å². The maximum Gasteiger partial charge on any atom is 0.128 e. The summed E-state index contributed by atoms with van der Waals surface area (Å²) in [6.45, 7) is 0.898. The number of rotatable bonds is 4. The molecule has 1 N–H and O–H groups in total. The lowest BCUT2D eigenvalue weighted by molar-refractivity contribution is 0.411. The van der Waals surface area contributed by atoms with Crippen molar-refractivity contribution in [2.45, 2.75) is 6.42 Å². The molecule has 0 aliphatic rings. The second-order valence-electron chi connectivity index (χ2n) is 4.15. The first-order valence-corrected chi connectivity index (χ1v) is 5.29. The minimum absolute atomic E-state index is 0.410. The third kappa shape index (κ3) is 2.04. The van der Waals surface area contributed by atoms with Crippen LogP contribution in [0.1, 0.15) is 9.68 Å². The average molecular weight is 221 g/mol. The quantitative estimate of drug-likeness (QED) is 0.858. The normalized spacial score (nSPS) is 14.8. The molecule has 3 nitrogen and oxygen atoms in total. The summed E-state index contributed by atoms with van der Waals surface area (Å²) in [4.78, 5) is 5.25. The molecule has 0 aliphatic heterocycles. The molecule has 0 radical (unpaired) electrons. The summed E-state index contributed by atoms with van der Waals surface area (Å²) in [7, 11) is 1.59. The van der Waals surface area contributed by atoms with Crippen LogP contribution in [0.15, 0.2) is 24.4 Å². The Kier molecular flexibility index (Phi) is 2.21. The fourth-order valence-corrected chi connectivity index (χ4v) is 1.85. The number of nitrogens with zero attached hydrogens (tertiary/aromatic N) is 1. The molecule has 1 aromatic heterocycles. The molecule has 16 heavy (non-hydrogen) atoms. The van der Waals surface area contributed by atoms with Gasteiger partial charge in [0.1, 0.15) is 5.75 Å². The zero-order valence-corrected chi connectivity index (χ0v) is 9.58. The number of ether oxygens (including phenoxy) is 1. The Morgan fingerprint density at radius 2 is 2.31 bits per heavy atom. The zero-order valence-electron chi connectivity index (χ0n) is 12.6. The summed E-state index contributed by atoms with van der Waals surface area (Å²) in [6, 6.07) is 5.40. The van der Waals surface area contributed by atoms with Gasteiger partial charge in [-0.2, -0.15) is 0 Å². The number of aromatic amines is 1. The van der Waals surface area contributed by atoms with Gasteiger partial charge in [0.25, 0.3) is 0 Å². The number of hydrogen-bond donors (Lipinski definition) is 1. The molecule has 86 valence electrons. The van der Waals surface area contributed by atoms with Crippen LogP contribution < -0.4 is 4.74 Å². The molecule has 0 bridgehead atoms. The molecule has 2 aromatic rings. The fourth-order valence-electron chi connectivity index (χ4n) is 1.85. The second kappa shape index (κ2) is 4.58. The highest BCUT2D eigenvalue weighted by Gasteiger charge is 2.08. The highest BCUT2D eigenvalue weighted by Crippen LogP contribution is 2.28. The van der Waals surface area contributed by atoms with Crippen LogP contribution in [-0.2, 0) is 6.42 Å². The van der Waals surface area contributed by atoms with Gasteiger partial charge in [0.15, 0.2) is 0 Å². The van der Waals surface area contributed by atoms with E-state index in [-0.39, 0.29) is 0 Å². The molecule has 0 saturated carbocycles. The van der Waals surface area contributed by atoms with Crippen molar-refractivity contribution < 1.29 is 8.85 Å². The molecule has 0 spiro atoms. The summed E-state index contributed by atoms with van der Waals surface area (Å²) in [6.07, 6.45) is 2.76. The maximum absolute atomic E-state index is 7.23. The smallest absolute Gasteiger partial charge is 0.128 e. The summed E-state index contributed by atoms with van der Waals surface area (Å²) in [5.74, 6) is 0.410. The lowest BCUT2D eigenvalue weighted by Gasteiger charge is -2.09. The summed E-state index contributed by atoms with van der Waals surface area (Å²) >= 11 is 0. The lowest BCUT2D eigenvalue weighted by Crippen LogP contribution is -2.14. The molecule has 2 rings (SSSR count). The van der Waals surface area contributed by atoms with E-state index < -0.39 is 7.04 Å². The number of H-pyrrole nitrogens is 1. The predicted octanol–water partition coefficient (Wildman–Crippen LogP) is 2.28. The van der Waals surface area contributed by atoms with Gasteiger partial charge in [-0.15, -0.1) is 0 Å². The van der Waals surface area contributed by atoms with Crippen LogP contribution in [0.25, 0.3) is 10.9 Å². The molecule has 0 saturated heterocycles. The number of likely N-dealkylation sites (N-methyl/N-ethyl adjacent to an activating group) is 1. The van der Waals surface area contributed by atoms with Crippen molar-refractivity contribution in [1.29, 1.82) is 0 Å². The van der Waals surface area contributed by atoms with Crippen LogP contribution in [0.5, 0.6) is 5.75 Å². The number of benzene rings is 1. The van der Waals surface area contributed by atoms with Crippen LogP contribution >= 0.6 is 0 Å². The van der Waals surface area contributed by atoms with Crippen LogP contribution in [0.3, 0.4) is 0 Å². The van der Waals surface area contributed by atoms with Crippen molar-refractivity contribution in [3.8, 4) is 5.75 Å². The minimum atomic E-state index is -2.43. The summed E-state index contributed by atoms with van der Waals surface area (Å²) in [5, 5.41) is 0.862. The van der Waals surface area contributed by atoms with Gasteiger partial charge in [-0.3, -0.25) is 0 Å². The van der Waals surface area contributed by atoms with Gasteiger partial charge in [-0.25, -0.2) is 0 Å². The topological polar surface area (TPSA) is 28.3 Å². The Balaban J connectivity index is 2.37. The Labute approximate surface area is 100 Å². The van der Waals surface area contributed by atoms with Gasteiger partial charge in [0, 0.05) is 23.6 Å². The first kappa shape index (κ1) is 7.74. The Bertz CT molecular complexity index is 561. The first-order chi connectivity index (χ1) is 8.87. The van der Waals surface area contributed by atoms with Gasteiger partial charge >= 0.3 is 0 Å². The van der Waals surface area contributed by atoms with E-state index in [4.69, 9.17) is 8.85 Å². The van der Waals surface area contributed by atoms with Gasteiger partial charge in [0.05, 0.1) is 11.2 Å². The van der Waals surface area contributed by atoms with Crippen molar-refractivity contribution in [2.75, 3.05) is 27.7 Å². The van der Waals surface area contributed by atoms with Crippen LogP contribution in [0, 0.1) is 0 Å². The van der Waals surface area contributed by atoms with Crippen LogP contribution in [-0.4, -0.2) is 37.6 Å². The van der Waals surface area contributed by atoms with E-state index >= 15 is 0 Å². The third-order valence-electron chi connectivity index (χ3n) is 2.69.